The summed E-state index contributed by atoms with van der Waals surface area (Å²) in [6, 6.07) is 4.45. The molecule has 138 valence electrons. The summed E-state index contributed by atoms with van der Waals surface area (Å²) in [4.78, 5) is 12.3. The molecule has 0 saturated carbocycles. The Morgan fingerprint density at radius 1 is 1.29 bits per heavy atom. The van der Waals surface area contributed by atoms with Gasteiger partial charge in [-0.15, -0.1) is 12.4 Å². The maximum Gasteiger partial charge on any atom is 0.166 e. The third-order valence-electron chi connectivity index (χ3n) is 3.16. The maximum absolute atomic E-state index is 12.3. The standard InChI is InChI=1S/C18H29NO4.ClH/c1-12(2)8-16(22)15-7-6-13(20)9-17(15)23-11-14(21)10-19-18(3,4)5;/h6-7,9,12,14,19-21H,8,10-11H2,1-5H3;1H/t14-;/m1./s1. The van der Waals surface area contributed by atoms with E-state index in [9.17, 15) is 15.0 Å². The van der Waals surface area contributed by atoms with Crippen LogP contribution in [-0.2, 0) is 0 Å². The average molecular weight is 360 g/mol. The number of aliphatic hydroxyl groups excluding tert-OH is 1. The van der Waals surface area contributed by atoms with E-state index < -0.39 is 6.10 Å². The molecule has 5 nitrogen and oxygen atoms in total. The summed E-state index contributed by atoms with van der Waals surface area (Å²) in [5.41, 5.74) is 0.345. The van der Waals surface area contributed by atoms with E-state index in [1.54, 1.807) is 6.07 Å². The van der Waals surface area contributed by atoms with Crippen molar-refractivity contribution in [3.05, 3.63) is 23.8 Å². The number of ether oxygens (including phenoxy) is 1. The van der Waals surface area contributed by atoms with Crippen LogP contribution in [-0.4, -0.2) is 40.8 Å². The highest BCUT2D eigenvalue weighted by atomic mass is 35.5. The summed E-state index contributed by atoms with van der Waals surface area (Å²) >= 11 is 0. The van der Waals surface area contributed by atoms with Crippen molar-refractivity contribution in [2.24, 2.45) is 5.92 Å². The normalized spacial score (nSPS) is 12.6. The fraction of sp³-hybridized carbons (Fsp3) is 0.611. The number of phenolic OH excluding ortho intramolecular Hbond substituents is 1. The maximum atomic E-state index is 12.3. The van der Waals surface area contributed by atoms with Crippen molar-refractivity contribution in [1.29, 1.82) is 0 Å². The first-order valence-corrected chi connectivity index (χ1v) is 8.00. The minimum absolute atomic E-state index is 0. The molecule has 0 radical (unpaired) electrons. The second-order valence-corrected chi connectivity index (χ2v) is 7.30. The summed E-state index contributed by atoms with van der Waals surface area (Å²) in [6.07, 6.45) is -0.292. The molecule has 3 N–H and O–H groups in total. The number of phenols is 1. The monoisotopic (exact) mass is 359 g/mol. The lowest BCUT2D eigenvalue weighted by atomic mass is 10.0. The van der Waals surface area contributed by atoms with Gasteiger partial charge in [0.15, 0.2) is 5.78 Å². The second-order valence-electron chi connectivity index (χ2n) is 7.30. The summed E-state index contributed by atoms with van der Waals surface area (Å²) in [5, 5.41) is 22.8. The lowest BCUT2D eigenvalue weighted by Crippen LogP contribution is -2.42. The number of aliphatic hydroxyl groups is 1. The smallest absolute Gasteiger partial charge is 0.166 e. The Bertz CT molecular complexity index is 526. The average Bonchev–Trinajstić information content (AvgIpc) is 2.41. The quantitative estimate of drug-likeness (QED) is 0.621. The summed E-state index contributed by atoms with van der Waals surface area (Å²) in [6.45, 7) is 10.4. The van der Waals surface area contributed by atoms with Gasteiger partial charge in [-0.2, -0.15) is 0 Å². The number of halogens is 1. The number of carbonyl (C=O) groups is 1. The predicted molar refractivity (Wildman–Crippen MR) is 98.4 cm³/mol. The lowest BCUT2D eigenvalue weighted by molar-refractivity contribution is 0.0923. The van der Waals surface area contributed by atoms with Gasteiger partial charge in [0.2, 0.25) is 0 Å². The number of rotatable bonds is 8. The molecule has 0 heterocycles. The van der Waals surface area contributed by atoms with E-state index in [1.165, 1.54) is 12.1 Å². The lowest BCUT2D eigenvalue weighted by Gasteiger charge is -2.23. The Hall–Kier alpha value is -1.30. The van der Waals surface area contributed by atoms with Crippen molar-refractivity contribution in [3.63, 3.8) is 0 Å². The van der Waals surface area contributed by atoms with Crippen molar-refractivity contribution >= 4 is 18.2 Å². The van der Waals surface area contributed by atoms with Gasteiger partial charge in [0.05, 0.1) is 5.56 Å². The first-order valence-electron chi connectivity index (χ1n) is 8.00. The van der Waals surface area contributed by atoms with E-state index in [-0.39, 0.29) is 42.0 Å². The first kappa shape index (κ1) is 22.7. The molecular weight excluding hydrogens is 330 g/mol. The number of aromatic hydroxyl groups is 1. The predicted octanol–water partition coefficient (Wildman–Crippen LogP) is 3.17. The minimum atomic E-state index is -0.704. The van der Waals surface area contributed by atoms with E-state index >= 15 is 0 Å². The van der Waals surface area contributed by atoms with Crippen LogP contribution < -0.4 is 10.1 Å². The molecule has 0 amide bonds. The highest BCUT2D eigenvalue weighted by Gasteiger charge is 2.17. The largest absolute Gasteiger partial charge is 0.508 e. The third-order valence-corrected chi connectivity index (χ3v) is 3.16. The number of Topliss-reactive ketones (excluding diaryl/α,β-unsaturated/α-hetero) is 1. The van der Waals surface area contributed by atoms with Crippen molar-refractivity contribution < 1.29 is 19.7 Å². The van der Waals surface area contributed by atoms with Gasteiger partial charge in [0.1, 0.15) is 24.2 Å². The fourth-order valence-electron chi connectivity index (χ4n) is 2.01. The zero-order valence-electron chi connectivity index (χ0n) is 15.1. The van der Waals surface area contributed by atoms with Crippen LogP contribution in [0, 0.1) is 5.92 Å². The third kappa shape index (κ3) is 8.52. The SMILES string of the molecule is CC(C)CC(=O)c1ccc(O)cc1OC[C@H](O)CNC(C)(C)C.Cl. The van der Waals surface area contributed by atoms with Gasteiger partial charge in [-0.1, -0.05) is 13.8 Å². The highest BCUT2D eigenvalue weighted by molar-refractivity contribution is 5.98. The molecule has 1 aromatic rings. The van der Waals surface area contributed by atoms with Crippen LogP contribution in [0.15, 0.2) is 18.2 Å². The van der Waals surface area contributed by atoms with Crippen LogP contribution in [0.3, 0.4) is 0 Å². The Morgan fingerprint density at radius 2 is 1.92 bits per heavy atom. The van der Waals surface area contributed by atoms with Crippen LogP contribution in [0.4, 0.5) is 0 Å². The van der Waals surface area contributed by atoms with Gasteiger partial charge in [-0.25, -0.2) is 0 Å². The summed E-state index contributed by atoms with van der Waals surface area (Å²) in [5.74, 6) is 0.553. The number of β-amino-alcohol motifs (C(OH)–C–C–N with tert-alkyl or cyclic N) is 1. The molecule has 0 aromatic heterocycles. The molecule has 0 aliphatic carbocycles. The Kier molecular flexibility index (Phi) is 9.33. The molecule has 1 atom stereocenters. The number of ketones is 1. The number of carbonyl (C=O) groups excluding carboxylic acids is 1. The van der Waals surface area contributed by atoms with Gasteiger partial charge in [-0.05, 0) is 38.8 Å². The van der Waals surface area contributed by atoms with Crippen LogP contribution in [0.1, 0.15) is 51.4 Å². The second kappa shape index (κ2) is 9.87. The van der Waals surface area contributed by atoms with Gasteiger partial charge in [-0.3, -0.25) is 4.79 Å². The molecular formula is C18H30ClNO4. The van der Waals surface area contributed by atoms with E-state index in [1.807, 2.05) is 34.6 Å². The molecule has 0 aliphatic heterocycles. The van der Waals surface area contributed by atoms with E-state index in [4.69, 9.17) is 4.74 Å². The molecule has 0 saturated heterocycles. The van der Waals surface area contributed by atoms with Gasteiger partial charge < -0.3 is 20.3 Å². The van der Waals surface area contributed by atoms with Gasteiger partial charge in [0.25, 0.3) is 0 Å². The van der Waals surface area contributed by atoms with Crippen LogP contribution in [0.25, 0.3) is 0 Å². The summed E-state index contributed by atoms with van der Waals surface area (Å²) in [7, 11) is 0. The Morgan fingerprint density at radius 3 is 2.46 bits per heavy atom. The number of hydrogen-bond acceptors (Lipinski definition) is 5. The highest BCUT2D eigenvalue weighted by Crippen LogP contribution is 2.26. The van der Waals surface area contributed by atoms with E-state index in [0.29, 0.717) is 24.3 Å². The first-order chi connectivity index (χ1) is 10.6. The molecule has 0 unspecified atom stereocenters. The number of hydrogen-bond donors (Lipinski definition) is 3. The zero-order chi connectivity index (χ0) is 17.6. The van der Waals surface area contributed by atoms with Crippen LogP contribution in [0.5, 0.6) is 11.5 Å². The Labute approximate surface area is 150 Å². The van der Waals surface area contributed by atoms with Crippen molar-refractivity contribution in [1.82, 2.24) is 5.32 Å². The molecule has 24 heavy (non-hydrogen) atoms. The topological polar surface area (TPSA) is 78.8 Å². The molecule has 0 spiro atoms. The fourth-order valence-corrected chi connectivity index (χ4v) is 2.01. The summed E-state index contributed by atoms with van der Waals surface area (Å²) < 4.78 is 5.58. The molecule has 6 heteroatoms. The number of benzene rings is 1. The van der Waals surface area contributed by atoms with Gasteiger partial charge >= 0.3 is 0 Å². The minimum Gasteiger partial charge on any atom is -0.508 e. The van der Waals surface area contributed by atoms with Gasteiger partial charge in [0, 0.05) is 24.6 Å². The van der Waals surface area contributed by atoms with E-state index in [0.717, 1.165) is 0 Å². The van der Waals surface area contributed by atoms with Crippen LogP contribution >= 0.6 is 12.4 Å². The number of nitrogens with one attached hydrogen (secondary N) is 1. The molecule has 0 bridgehead atoms. The van der Waals surface area contributed by atoms with E-state index in [2.05, 4.69) is 5.32 Å². The van der Waals surface area contributed by atoms with Crippen molar-refractivity contribution in [2.45, 2.75) is 52.7 Å². The van der Waals surface area contributed by atoms with Crippen molar-refractivity contribution in [3.8, 4) is 11.5 Å². The van der Waals surface area contributed by atoms with Crippen LogP contribution in [0.2, 0.25) is 0 Å². The Balaban J connectivity index is 0.00000529. The molecule has 0 fully saturated rings. The molecule has 1 rings (SSSR count). The van der Waals surface area contributed by atoms with Crippen molar-refractivity contribution in [2.75, 3.05) is 13.2 Å². The zero-order valence-corrected chi connectivity index (χ0v) is 15.9. The molecule has 1 aromatic carbocycles. The molecule has 0 aliphatic rings.